The summed E-state index contributed by atoms with van der Waals surface area (Å²) >= 11 is 0. The van der Waals surface area contributed by atoms with Crippen molar-refractivity contribution in [1.29, 1.82) is 0 Å². The van der Waals surface area contributed by atoms with Crippen molar-refractivity contribution in [3.63, 3.8) is 0 Å². The van der Waals surface area contributed by atoms with Gasteiger partial charge in [-0.1, -0.05) is 18.2 Å². The fourth-order valence-electron chi connectivity index (χ4n) is 3.50. The lowest BCUT2D eigenvalue weighted by atomic mass is 9.97. The van der Waals surface area contributed by atoms with Crippen molar-refractivity contribution in [2.75, 3.05) is 53.0 Å². The minimum absolute atomic E-state index is 0.319. The average Bonchev–Trinajstić information content (AvgIpc) is 2.56. The van der Waals surface area contributed by atoms with Gasteiger partial charge in [-0.05, 0) is 30.2 Å². The number of hydrogen-bond donors (Lipinski definition) is 1. The summed E-state index contributed by atoms with van der Waals surface area (Å²) in [4.78, 5) is 4.50. The van der Waals surface area contributed by atoms with Crippen molar-refractivity contribution in [1.82, 2.24) is 9.80 Å². The highest BCUT2D eigenvalue weighted by atomic mass is 16.5. The smallest absolute Gasteiger partial charge is 0.0793 e. The molecule has 1 fully saturated rings. The lowest BCUT2D eigenvalue weighted by Crippen LogP contribution is -2.44. The quantitative estimate of drug-likeness (QED) is 0.843. The molecule has 0 bridgehead atoms. The van der Waals surface area contributed by atoms with E-state index in [0.29, 0.717) is 6.54 Å². The highest BCUT2D eigenvalue weighted by molar-refractivity contribution is 5.36. The molecule has 5 heteroatoms. The van der Waals surface area contributed by atoms with Gasteiger partial charge < -0.3 is 14.6 Å². The SMILES string of the molecule is CN(Cc1cccc2c1CCOC2)CC(O)CN1CCOCC1. The van der Waals surface area contributed by atoms with Gasteiger partial charge in [-0.25, -0.2) is 0 Å². The normalized spacial score (nSPS) is 20.5. The predicted molar refractivity (Wildman–Crippen MR) is 89.4 cm³/mol. The molecule has 0 radical (unpaired) electrons. The third-order valence-electron chi connectivity index (χ3n) is 4.66. The zero-order chi connectivity index (χ0) is 16.1. The minimum Gasteiger partial charge on any atom is -0.390 e. The summed E-state index contributed by atoms with van der Waals surface area (Å²) in [5.74, 6) is 0. The Balaban J connectivity index is 1.51. The summed E-state index contributed by atoms with van der Waals surface area (Å²) in [6.45, 7) is 7.25. The maximum absolute atomic E-state index is 10.3. The largest absolute Gasteiger partial charge is 0.390 e. The maximum Gasteiger partial charge on any atom is 0.0793 e. The van der Waals surface area contributed by atoms with E-state index < -0.39 is 0 Å². The Morgan fingerprint density at radius 2 is 2.04 bits per heavy atom. The first-order valence-electron chi connectivity index (χ1n) is 8.56. The second-order valence-electron chi connectivity index (χ2n) is 6.62. The molecule has 5 nitrogen and oxygen atoms in total. The van der Waals surface area contributed by atoms with Crippen molar-refractivity contribution in [2.45, 2.75) is 25.7 Å². The number of hydrogen-bond acceptors (Lipinski definition) is 5. The summed E-state index contributed by atoms with van der Waals surface area (Å²) in [6.07, 6.45) is 0.677. The van der Waals surface area contributed by atoms with E-state index in [0.717, 1.165) is 59.0 Å². The van der Waals surface area contributed by atoms with E-state index in [-0.39, 0.29) is 6.10 Å². The van der Waals surface area contributed by atoms with Gasteiger partial charge in [0.15, 0.2) is 0 Å². The third-order valence-corrected chi connectivity index (χ3v) is 4.66. The zero-order valence-corrected chi connectivity index (χ0v) is 14.0. The molecule has 128 valence electrons. The molecule has 3 rings (SSSR count). The number of rotatable bonds is 6. The van der Waals surface area contributed by atoms with E-state index in [1.165, 1.54) is 16.7 Å². The number of fused-ring (bicyclic) bond motifs is 1. The van der Waals surface area contributed by atoms with Crippen LogP contribution in [0.2, 0.25) is 0 Å². The first-order chi connectivity index (χ1) is 11.2. The van der Waals surface area contributed by atoms with Gasteiger partial charge in [-0.15, -0.1) is 0 Å². The molecule has 1 unspecified atom stereocenters. The summed E-state index contributed by atoms with van der Waals surface area (Å²) in [7, 11) is 2.08. The fourth-order valence-corrected chi connectivity index (χ4v) is 3.50. The van der Waals surface area contributed by atoms with Crippen molar-refractivity contribution >= 4 is 0 Å². The number of ether oxygens (including phenoxy) is 2. The van der Waals surface area contributed by atoms with E-state index in [2.05, 4.69) is 35.0 Å². The summed E-state index contributed by atoms with van der Waals surface area (Å²) in [5, 5.41) is 10.3. The average molecular weight is 320 g/mol. The van der Waals surface area contributed by atoms with Crippen LogP contribution in [0.25, 0.3) is 0 Å². The van der Waals surface area contributed by atoms with Crippen molar-refractivity contribution in [3.05, 3.63) is 34.9 Å². The molecular weight excluding hydrogens is 292 g/mol. The molecule has 23 heavy (non-hydrogen) atoms. The van der Waals surface area contributed by atoms with Crippen molar-refractivity contribution in [3.8, 4) is 0 Å². The lowest BCUT2D eigenvalue weighted by molar-refractivity contribution is 0.00821. The molecule has 0 spiro atoms. The number of likely N-dealkylation sites (N-methyl/N-ethyl adjacent to an activating group) is 1. The highest BCUT2D eigenvalue weighted by Crippen LogP contribution is 2.22. The van der Waals surface area contributed by atoms with Crippen LogP contribution in [0.3, 0.4) is 0 Å². The Hall–Kier alpha value is -0.980. The van der Waals surface area contributed by atoms with E-state index in [4.69, 9.17) is 9.47 Å². The second-order valence-corrected chi connectivity index (χ2v) is 6.62. The van der Waals surface area contributed by atoms with Crippen LogP contribution in [0.15, 0.2) is 18.2 Å². The zero-order valence-electron chi connectivity index (χ0n) is 14.0. The van der Waals surface area contributed by atoms with Crippen molar-refractivity contribution in [2.24, 2.45) is 0 Å². The van der Waals surface area contributed by atoms with E-state index >= 15 is 0 Å². The van der Waals surface area contributed by atoms with Gasteiger partial charge in [-0.2, -0.15) is 0 Å². The first-order valence-corrected chi connectivity index (χ1v) is 8.56. The molecule has 0 aliphatic carbocycles. The number of benzene rings is 1. The van der Waals surface area contributed by atoms with Crippen LogP contribution in [-0.2, 0) is 29.0 Å². The van der Waals surface area contributed by atoms with Gasteiger partial charge in [0.05, 0.1) is 32.5 Å². The molecule has 0 aromatic heterocycles. The second kappa shape index (κ2) is 8.22. The lowest BCUT2D eigenvalue weighted by Gasteiger charge is -2.30. The molecule has 2 aliphatic heterocycles. The van der Waals surface area contributed by atoms with Crippen LogP contribution in [0, 0.1) is 0 Å². The Kier molecular flexibility index (Phi) is 6.02. The Labute approximate surface area is 138 Å². The Morgan fingerprint density at radius 3 is 2.87 bits per heavy atom. The molecule has 0 amide bonds. The topological polar surface area (TPSA) is 45.2 Å². The molecule has 1 N–H and O–H groups in total. The molecule has 1 atom stereocenters. The summed E-state index contributed by atoms with van der Waals surface area (Å²) in [6, 6.07) is 6.47. The van der Waals surface area contributed by atoms with Gasteiger partial charge in [-0.3, -0.25) is 9.80 Å². The predicted octanol–water partition coefficient (Wildman–Crippen LogP) is 0.884. The number of β-amino-alcohol motifs (C(OH)–C–C–N with tert-alkyl or cyclic N) is 1. The van der Waals surface area contributed by atoms with Gasteiger partial charge >= 0.3 is 0 Å². The molecule has 2 heterocycles. The molecule has 1 saturated heterocycles. The van der Waals surface area contributed by atoms with E-state index in [1.807, 2.05) is 0 Å². The van der Waals surface area contributed by atoms with Gasteiger partial charge in [0.2, 0.25) is 0 Å². The summed E-state index contributed by atoms with van der Waals surface area (Å²) < 4.78 is 10.9. The van der Waals surface area contributed by atoms with Gasteiger partial charge in [0.25, 0.3) is 0 Å². The highest BCUT2D eigenvalue weighted by Gasteiger charge is 2.18. The standard InChI is InChI=1S/C18H28N2O3/c1-19(12-17(21)13-20-6-9-22-10-7-20)11-15-3-2-4-16-14-23-8-5-18(15)16/h2-4,17,21H,5-14H2,1H3. The van der Waals surface area contributed by atoms with Crippen molar-refractivity contribution < 1.29 is 14.6 Å². The minimum atomic E-state index is -0.319. The van der Waals surface area contributed by atoms with Crippen LogP contribution in [0.5, 0.6) is 0 Å². The fraction of sp³-hybridized carbons (Fsp3) is 0.667. The maximum atomic E-state index is 10.3. The molecule has 1 aromatic rings. The number of nitrogens with zero attached hydrogens (tertiary/aromatic N) is 2. The molecule has 2 aliphatic rings. The van der Waals surface area contributed by atoms with E-state index in [9.17, 15) is 5.11 Å². The van der Waals surface area contributed by atoms with Crippen LogP contribution in [0.4, 0.5) is 0 Å². The first kappa shape index (κ1) is 16.9. The summed E-state index contributed by atoms with van der Waals surface area (Å²) in [5.41, 5.74) is 4.12. The van der Waals surface area contributed by atoms with Crippen LogP contribution >= 0.6 is 0 Å². The number of morpholine rings is 1. The van der Waals surface area contributed by atoms with Crippen LogP contribution in [-0.4, -0.2) is 74.1 Å². The molecule has 1 aromatic carbocycles. The van der Waals surface area contributed by atoms with Gasteiger partial charge in [0, 0.05) is 32.7 Å². The van der Waals surface area contributed by atoms with E-state index in [1.54, 1.807) is 0 Å². The van der Waals surface area contributed by atoms with Gasteiger partial charge in [0.1, 0.15) is 0 Å². The molecule has 0 saturated carbocycles. The Morgan fingerprint density at radius 1 is 1.22 bits per heavy atom. The third kappa shape index (κ3) is 4.75. The monoisotopic (exact) mass is 320 g/mol. The number of aliphatic hydroxyl groups excluding tert-OH is 1. The Bertz CT molecular complexity index is 503. The van der Waals surface area contributed by atoms with Crippen LogP contribution < -0.4 is 0 Å². The number of aliphatic hydroxyl groups is 1. The van der Waals surface area contributed by atoms with Crippen LogP contribution in [0.1, 0.15) is 16.7 Å². The molecular formula is C18H28N2O3.